The molecule has 4 aromatic heterocycles. The van der Waals surface area contributed by atoms with Gasteiger partial charge in [0.1, 0.15) is 23.3 Å². The molecule has 0 aliphatic heterocycles. The van der Waals surface area contributed by atoms with E-state index in [2.05, 4.69) is 29.9 Å². The number of benzene rings is 6. The summed E-state index contributed by atoms with van der Waals surface area (Å²) in [5, 5.41) is 13.9. The van der Waals surface area contributed by atoms with Gasteiger partial charge in [-0.3, -0.25) is 0 Å². The van der Waals surface area contributed by atoms with Crippen LogP contribution in [0.25, 0.3) is 88.9 Å². The monoisotopic (exact) mass is 859 g/mol. The smallest absolute Gasteiger partial charge is 0.307 e. The molecule has 10 aromatic rings. The fourth-order valence-corrected chi connectivity index (χ4v) is 8.78. The average Bonchev–Trinajstić information content (AvgIpc) is 3.76. The molecule has 15 heteroatoms. The van der Waals surface area contributed by atoms with E-state index in [1.165, 1.54) is 12.1 Å². The number of halogens is 6. The normalized spacial score (nSPS) is 12.2. The van der Waals surface area contributed by atoms with Gasteiger partial charge in [-0.05, 0) is 76.2 Å². The lowest BCUT2D eigenvalue weighted by Crippen LogP contribution is -2.15. The van der Waals surface area contributed by atoms with E-state index in [-0.39, 0.29) is 5.69 Å². The van der Waals surface area contributed by atoms with Crippen molar-refractivity contribution in [3.05, 3.63) is 155 Å². The molecule has 0 aliphatic rings. The number of para-hydroxylation sites is 2. The summed E-state index contributed by atoms with van der Waals surface area (Å²) in [7, 11) is 0. The van der Waals surface area contributed by atoms with Gasteiger partial charge < -0.3 is 9.13 Å². The van der Waals surface area contributed by atoms with Gasteiger partial charge in [-0.25, -0.2) is 29.9 Å². The summed E-state index contributed by atoms with van der Waals surface area (Å²) in [4.78, 5) is 27.0. The van der Waals surface area contributed by atoms with E-state index in [0.717, 1.165) is 27.6 Å². The molecule has 0 saturated carbocycles. The van der Waals surface area contributed by atoms with E-state index < -0.39 is 40.2 Å². The minimum absolute atomic E-state index is 0.186. The average molecular weight is 860 g/mol. The van der Waals surface area contributed by atoms with Crippen LogP contribution in [0.5, 0.6) is 0 Å². The van der Waals surface area contributed by atoms with Crippen LogP contribution in [0.4, 0.5) is 26.3 Å². The fraction of sp³-hybridized carbons (Fsp3) is 0.122. The lowest BCUT2D eigenvalue weighted by molar-refractivity contribution is -0.142. The third-order valence-electron chi connectivity index (χ3n) is 11.2. The zero-order chi connectivity index (χ0) is 44.8. The van der Waals surface area contributed by atoms with Gasteiger partial charge in [0, 0.05) is 43.8 Å². The second kappa shape index (κ2) is 14.6. The van der Waals surface area contributed by atoms with Gasteiger partial charge in [0.2, 0.25) is 0 Å². The van der Waals surface area contributed by atoms with Crippen LogP contribution >= 0.6 is 0 Å². The van der Waals surface area contributed by atoms with Gasteiger partial charge in [0.15, 0.2) is 11.6 Å². The van der Waals surface area contributed by atoms with Gasteiger partial charge in [0.05, 0.1) is 56.2 Å². The van der Waals surface area contributed by atoms with Crippen LogP contribution in [0.15, 0.2) is 115 Å². The molecule has 0 N–H and O–H groups in total. The number of rotatable bonds is 5. The Bertz CT molecular complexity index is 3540. The van der Waals surface area contributed by atoms with Gasteiger partial charge in [-0.2, -0.15) is 31.6 Å². The topological polar surface area (TPSA) is 111 Å². The number of hydrogen-bond acceptors (Lipinski definition) is 7. The molecule has 0 amide bonds. The van der Waals surface area contributed by atoms with Crippen LogP contribution in [-0.4, -0.2) is 39.0 Å². The molecule has 0 atom stereocenters. The van der Waals surface area contributed by atoms with Gasteiger partial charge in [-0.1, -0.05) is 66.7 Å². The highest BCUT2D eigenvalue weighted by molar-refractivity contribution is 6.12. The van der Waals surface area contributed by atoms with E-state index in [1.807, 2.05) is 94.1 Å². The van der Waals surface area contributed by atoms with Crippen LogP contribution in [0.1, 0.15) is 40.0 Å². The van der Waals surface area contributed by atoms with E-state index in [1.54, 1.807) is 33.8 Å². The second-order valence-corrected chi connectivity index (χ2v) is 15.4. The van der Waals surface area contributed by atoms with Crippen molar-refractivity contribution in [3.63, 3.8) is 0 Å². The summed E-state index contributed by atoms with van der Waals surface area (Å²) in [6, 6.07) is 32.6. The number of nitriles is 1. The molecule has 6 aromatic carbocycles. The largest absolute Gasteiger partial charge is 0.417 e. The standard InChI is InChI=1S/C49H31F6N9/c1-25-57-26(2)60-46(59-25)29-16-18-34-32-10-5-7-14-39(32)63(41(34)20-29)43-22-31(24-56)36(45-37(48(50,51)52)12-9-13-38(45)49(53,54)55)23-44(43)64-40-15-8-6-11-33(40)35-19-17-30(21-42(35)64)47-61-27(3)58-28(4)62-47/h5-23H,1-4H3. The van der Waals surface area contributed by atoms with Gasteiger partial charge >= 0.3 is 12.4 Å². The Hall–Kier alpha value is -7.99. The number of nitrogens with zero attached hydrogens (tertiary/aromatic N) is 9. The van der Waals surface area contributed by atoms with E-state index in [0.29, 0.717) is 86.0 Å². The molecule has 64 heavy (non-hydrogen) atoms. The first kappa shape index (κ1) is 40.1. The number of alkyl halides is 6. The van der Waals surface area contributed by atoms with E-state index in [4.69, 9.17) is 0 Å². The summed E-state index contributed by atoms with van der Waals surface area (Å²) in [6.45, 7) is 7.00. The molecule has 9 nitrogen and oxygen atoms in total. The molecule has 0 spiro atoms. The van der Waals surface area contributed by atoms with Crippen LogP contribution < -0.4 is 0 Å². The molecule has 4 heterocycles. The minimum atomic E-state index is -5.22. The maximum atomic E-state index is 15.0. The SMILES string of the molecule is Cc1nc(C)nc(-c2ccc3c4ccccc4n(-c4cc(C#N)c(-c5c(C(F)(F)F)cccc5C(F)(F)F)cc4-n4c5ccccc5c5ccc(-c6nc(C)nc(C)n6)cc54)c3c2)n1. The molecule has 0 unspecified atom stereocenters. The van der Waals surface area contributed by atoms with Crippen molar-refractivity contribution in [3.8, 4) is 51.3 Å². The molecule has 10 rings (SSSR count). The van der Waals surface area contributed by atoms with Crippen molar-refractivity contribution in [1.82, 2.24) is 39.0 Å². The van der Waals surface area contributed by atoms with Gasteiger partial charge in [-0.15, -0.1) is 0 Å². The molecular weight excluding hydrogens is 829 g/mol. The Balaban J connectivity index is 1.40. The quantitative estimate of drug-likeness (QED) is 0.158. The van der Waals surface area contributed by atoms with Crippen LogP contribution in [-0.2, 0) is 12.4 Å². The van der Waals surface area contributed by atoms with Gasteiger partial charge in [0.25, 0.3) is 0 Å². The zero-order valence-electron chi connectivity index (χ0n) is 34.3. The van der Waals surface area contributed by atoms with Crippen LogP contribution in [0, 0.1) is 39.0 Å². The molecule has 0 fully saturated rings. The number of aryl methyl sites for hydroxylation is 4. The number of fused-ring (bicyclic) bond motifs is 6. The Morgan fingerprint density at radius 3 is 1.28 bits per heavy atom. The molecule has 0 radical (unpaired) electrons. The van der Waals surface area contributed by atoms with Crippen molar-refractivity contribution < 1.29 is 26.3 Å². The summed E-state index contributed by atoms with van der Waals surface area (Å²) >= 11 is 0. The molecule has 0 aliphatic carbocycles. The molecule has 314 valence electrons. The minimum Gasteiger partial charge on any atom is -0.307 e. The lowest BCUT2D eigenvalue weighted by atomic mass is 9.89. The first-order valence-corrected chi connectivity index (χ1v) is 19.9. The Labute approximate surface area is 360 Å². The summed E-state index contributed by atoms with van der Waals surface area (Å²) in [5.74, 6) is 2.75. The third-order valence-corrected chi connectivity index (χ3v) is 11.2. The first-order valence-electron chi connectivity index (χ1n) is 19.9. The molecule has 0 bridgehead atoms. The lowest BCUT2D eigenvalue weighted by Gasteiger charge is -2.23. The number of aromatic nitrogens is 8. The predicted octanol–water partition coefficient (Wildman–Crippen LogP) is 12.4. The van der Waals surface area contributed by atoms with Crippen molar-refractivity contribution in [2.75, 3.05) is 0 Å². The fourth-order valence-electron chi connectivity index (χ4n) is 8.78. The maximum absolute atomic E-state index is 15.0. The summed E-state index contributed by atoms with van der Waals surface area (Å²) in [5.41, 5.74) is -1.10. The second-order valence-electron chi connectivity index (χ2n) is 15.4. The van der Waals surface area contributed by atoms with Crippen LogP contribution in [0.3, 0.4) is 0 Å². The number of hydrogen-bond donors (Lipinski definition) is 0. The Kier molecular flexibility index (Phi) is 9.12. The maximum Gasteiger partial charge on any atom is 0.417 e. The zero-order valence-corrected chi connectivity index (χ0v) is 34.3. The summed E-state index contributed by atoms with van der Waals surface area (Å²) in [6.07, 6.45) is -10.4. The van der Waals surface area contributed by atoms with Crippen molar-refractivity contribution in [2.45, 2.75) is 40.0 Å². The van der Waals surface area contributed by atoms with Crippen LogP contribution in [0.2, 0.25) is 0 Å². The molecule has 0 saturated heterocycles. The highest BCUT2D eigenvalue weighted by Crippen LogP contribution is 2.48. The van der Waals surface area contributed by atoms with Crippen molar-refractivity contribution >= 4 is 43.6 Å². The van der Waals surface area contributed by atoms with E-state index >= 15 is 0 Å². The predicted molar refractivity (Wildman–Crippen MR) is 232 cm³/mol. The summed E-state index contributed by atoms with van der Waals surface area (Å²) < 4.78 is 93.6. The third kappa shape index (κ3) is 6.57. The van der Waals surface area contributed by atoms with Crippen molar-refractivity contribution in [2.24, 2.45) is 0 Å². The highest BCUT2D eigenvalue weighted by atomic mass is 19.4. The van der Waals surface area contributed by atoms with E-state index in [9.17, 15) is 31.6 Å². The Morgan fingerprint density at radius 1 is 0.453 bits per heavy atom. The highest BCUT2D eigenvalue weighted by Gasteiger charge is 2.42. The first-order chi connectivity index (χ1) is 30.6. The molecular formula is C49H31F6N9. The van der Waals surface area contributed by atoms with Crippen molar-refractivity contribution in [1.29, 1.82) is 5.26 Å². The Morgan fingerprint density at radius 2 is 0.859 bits per heavy atom.